The normalized spacial score (nSPS) is 15.8. The third kappa shape index (κ3) is 2.31. The summed E-state index contributed by atoms with van der Waals surface area (Å²) in [6.45, 7) is 5.50. The summed E-state index contributed by atoms with van der Waals surface area (Å²) >= 11 is 0. The molecule has 0 saturated carbocycles. The molecule has 82 valence electrons. The van der Waals surface area contributed by atoms with Crippen molar-refractivity contribution in [2.75, 3.05) is 0 Å². The molecule has 15 heavy (non-hydrogen) atoms. The lowest BCUT2D eigenvalue weighted by Gasteiger charge is -2.07. The Morgan fingerprint density at radius 1 is 1.33 bits per heavy atom. The quantitative estimate of drug-likeness (QED) is 0.743. The summed E-state index contributed by atoms with van der Waals surface area (Å²) in [7, 11) is 0. The zero-order valence-corrected chi connectivity index (χ0v) is 9.62. The Morgan fingerprint density at radius 3 is 2.80 bits per heavy atom. The van der Waals surface area contributed by atoms with Gasteiger partial charge in [-0.15, -0.1) is 0 Å². The molecule has 0 aromatic carbocycles. The van der Waals surface area contributed by atoms with E-state index in [2.05, 4.69) is 24.6 Å². The number of hydrogen-bond acceptors (Lipinski definition) is 1. The molecule has 0 unspecified atom stereocenters. The second-order valence-electron chi connectivity index (χ2n) is 4.89. The number of nitrogens with zero attached hydrogens (tertiary/aromatic N) is 1. The Labute approximate surface area is 91.3 Å². The van der Waals surface area contributed by atoms with E-state index in [9.17, 15) is 4.79 Å². The summed E-state index contributed by atoms with van der Waals surface area (Å²) in [4.78, 5) is 11.6. The first-order chi connectivity index (χ1) is 7.16. The topological polar surface area (TPSA) is 22.0 Å². The molecule has 0 amide bonds. The van der Waals surface area contributed by atoms with Crippen LogP contribution in [0, 0.1) is 5.92 Å². The average molecular weight is 205 g/mol. The standard InChI is InChI=1S/C13H19NO/c1-10(2)6-7-14-8-11-4-3-5-13(15)12(11)9-14/h8-10H,3-7H2,1-2H3. The molecule has 0 bridgehead atoms. The van der Waals surface area contributed by atoms with Crippen LogP contribution in [0.3, 0.4) is 0 Å². The predicted octanol–water partition coefficient (Wildman–Crippen LogP) is 3.05. The largest absolute Gasteiger partial charge is 0.353 e. The van der Waals surface area contributed by atoms with Crippen molar-refractivity contribution < 1.29 is 4.79 Å². The Bertz CT molecular complexity index is 363. The first kappa shape index (κ1) is 10.5. The van der Waals surface area contributed by atoms with Crippen LogP contribution in [-0.2, 0) is 13.0 Å². The maximum atomic E-state index is 11.6. The van der Waals surface area contributed by atoms with Crippen LogP contribution in [0.1, 0.15) is 49.0 Å². The number of ketones is 1. The fourth-order valence-corrected chi connectivity index (χ4v) is 2.12. The van der Waals surface area contributed by atoms with Crippen molar-refractivity contribution in [1.82, 2.24) is 4.57 Å². The molecule has 0 radical (unpaired) electrons. The molecule has 0 N–H and O–H groups in total. The molecular weight excluding hydrogens is 186 g/mol. The molecule has 0 spiro atoms. The fraction of sp³-hybridized carbons (Fsp3) is 0.615. The highest BCUT2D eigenvalue weighted by Gasteiger charge is 2.18. The van der Waals surface area contributed by atoms with Gasteiger partial charge in [-0.25, -0.2) is 0 Å². The van der Waals surface area contributed by atoms with Gasteiger partial charge in [-0.1, -0.05) is 13.8 Å². The number of hydrogen-bond donors (Lipinski definition) is 0. The lowest BCUT2D eigenvalue weighted by Crippen LogP contribution is -2.07. The van der Waals surface area contributed by atoms with Crippen molar-refractivity contribution in [3.05, 3.63) is 23.5 Å². The lowest BCUT2D eigenvalue weighted by molar-refractivity contribution is 0.0973. The molecular formula is C13H19NO. The maximum absolute atomic E-state index is 11.6. The molecule has 1 aliphatic rings. The highest BCUT2D eigenvalue weighted by molar-refractivity contribution is 5.98. The molecule has 1 aliphatic carbocycles. The summed E-state index contributed by atoms with van der Waals surface area (Å²) in [5.41, 5.74) is 2.24. The average Bonchev–Trinajstić information content (AvgIpc) is 2.59. The van der Waals surface area contributed by atoms with Gasteiger partial charge >= 0.3 is 0 Å². The van der Waals surface area contributed by atoms with Crippen LogP contribution in [0.15, 0.2) is 12.4 Å². The first-order valence-corrected chi connectivity index (χ1v) is 5.88. The molecule has 0 aliphatic heterocycles. The van der Waals surface area contributed by atoms with Crippen molar-refractivity contribution in [3.8, 4) is 0 Å². The van der Waals surface area contributed by atoms with E-state index >= 15 is 0 Å². The van der Waals surface area contributed by atoms with Crippen LogP contribution in [0.25, 0.3) is 0 Å². The summed E-state index contributed by atoms with van der Waals surface area (Å²) in [6, 6.07) is 0. The lowest BCUT2D eigenvalue weighted by atomic mass is 9.95. The number of fused-ring (bicyclic) bond motifs is 1. The van der Waals surface area contributed by atoms with Crippen LogP contribution in [-0.4, -0.2) is 10.4 Å². The SMILES string of the molecule is CC(C)CCn1cc2c(c1)C(=O)CCC2. The van der Waals surface area contributed by atoms with Crippen molar-refractivity contribution in [1.29, 1.82) is 0 Å². The van der Waals surface area contributed by atoms with Crippen LogP contribution < -0.4 is 0 Å². The predicted molar refractivity (Wildman–Crippen MR) is 61.2 cm³/mol. The number of carbonyl (C=O) groups is 1. The molecule has 1 heterocycles. The van der Waals surface area contributed by atoms with Crippen molar-refractivity contribution in [3.63, 3.8) is 0 Å². The number of carbonyl (C=O) groups excluding carboxylic acids is 1. The maximum Gasteiger partial charge on any atom is 0.164 e. The molecule has 2 rings (SSSR count). The van der Waals surface area contributed by atoms with Gasteiger partial charge in [0, 0.05) is 30.9 Å². The molecule has 2 heteroatoms. The Balaban J connectivity index is 2.11. The summed E-state index contributed by atoms with van der Waals surface area (Å²) in [5, 5.41) is 0. The zero-order chi connectivity index (χ0) is 10.8. The smallest absolute Gasteiger partial charge is 0.164 e. The minimum absolute atomic E-state index is 0.333. The van der Waals surface area contributed by atoms with Gasteiger partial charge < -0.3 is 4.57 Å². The fourth-order valence-electron chi connectivity index (χ4n) is 2.12. The number of aryl methyl sites for hydroxylation is 2. The van der Waals surface area contributed by atoms with Crippen molar-refractivity contribution in [2.45, 2.75) is 46.1 Å². The molecule has 0 saturated heterocycles. The van der Waals surface area contributed by atoms with Gasteiger partial charge in [0.05, 0.1) is 0 Å². The van der Waals surface area contributed by atoms with Crippen LogP contribution in [0.4, 0.5) is 0 Å². The van der Waals surface area contributed by atoms with Gasteiger partial charge in [0.1, 0.15) is 0 Å². The summed E-state index contributed by atoms with van der Waals surface area (Å²) in [5.74, 6) is 1.06. The molecule has 1 aromatic heterocycles. The van der Waals surface area contributed by atoms with Gasteiger partial charge in [-0.2, -0.15) is 0 Å². The molecule has 1 aromatic rings. The second kappa shape index (κ2) is 4.21. The Morgan fingerprint density at radius 2 is 2.13 bits per heavy atom. The van der Waals surface area contributed by atoms with Crippen LogP contribution in [0.5, 0.6) is 0 Å². The van der Waals surface area contributed by atoms with E-state index in [-0.39, 0.29) is 0 Å². The van der Waals surface area contributed by atoms with Gasteiger partial charge in [0.2, 0.25) is 0 Å². The highest BCUT2D eigenvalue weighted by atomic mass is 16.1. The van der Waals surface area contributed by atoms with Gasteiger partial charge in [0.15, 0.2) is 5.78 Å². The van der Waals surface area contributed by atoms with E-state index in [1.54, 1.807) is 0 Å². The Kier molecular flexibility index (Phi) is 2.94. The van der Waals surface area contributed by atoms with E-state index in [0.29, 0.717) is 5.78 Å². The van der Waals surface area contributed by atoms with Crippen LogP contribution >= 0.6 is 0 Å². The number of aromatic nitrogens is 1. The third-order valence-electron chi connectivity index (χ3n) is 3.08. The summed E-state index contributed by atoms with van der Waals surface area (Å²) < 4.78 is 2.19. The number of rotatable bonds is 3. The van der Waals surface area contributed by atoms with E-state index in [4.69, 9.17) is 0 Å². The zero-order valence-electron chi connectivity index (χ0n) is 9.62. The minimum Gasteiger partial charge on any atom is -0.353 e. The molecule has 0 atom stereocenters. The second-order valence-corrected chi connectivity index (χ2v) is 4.89. The third-order valence-corrected chi connectivity index (χ3v) is 3.08. The molecule has 2 nitrogen and oxygen atoms in total. The van der Waals surface area contributed by atoms with E-state index in [0.717, 1.165) is 37.3 Å². The van der Waals surface area contributed by atoms with E-state index in [1.807, 2.05) is 6.20 Å². The van der Waals surface area contributed by atoms with E-state index < -0.39 is 0 Å². The van der Waals surface area contributed by atoms with Crippen molar-refractivity contribution in [2.24, 2.45) is 5.92 Å². The summed E-state index contributed by atoms with van der Waals surface area (Å²) in [6.07, 6.45) is 8.23. The highest BCUT2D eigenvalue weighted by Crippen LogP contribution is 2.22. The van der Waals surface area contributed by atoms with E-state index in [1.165, 1.54) is 12.0 Å². The van der Waals surface area contributed by atoms with Gasteiger partial charge in [-0.05, 0) is 30.7 Å². The van der Waals surface area contributed by atoms with Gasteiger partial charge in [0.25, 0.3) is 0 Å². The Hall–Kier alpha value is -1.05. The van der Waals surface area contributed by atoms with Crippen LogP contribution in [0.2, 0.25) is 0 Å². The minimum atomic E-state index is 0.333. The number of Topliss-reactive ketones (excluding diaryl/α,β-unsaturated/α-hetero) is 1. The van der Waals surface area contributed by atoms with Gasteiger partial charge in [-0.3, -0.25) is 4.79 Å². The monoisotopic (exact) mass is 205 g/mol. The van der Waals surface area contributed by atoms with Crippen molar-refractivity contribution >= 4 is 5.78 Å². The first-order valence-electron chi connectivity index (χ1n) is 5.88. The molecule has 0 fully saturated rings.